The summed E-state index contributed by atoms with van der Waals surface area (Å²) in [6.45, 7) is 3.43. The van der Waals surface area contributed by atoms with Crippen LogP contribution in [-0.4, -0.2) is 28.2 Å². The predicted octanol–water partition coefficient (Wildman–Crippen LogP) is 0.648. The number of ether oxygens (including phenoxy) is 1. The smallest absolute Gasteiger partial charge is 0.164 e. The van der Waals surface area contributed by atoms with E-state index < -0.39 is 11.2 Å². The summed E-state index contributed by atoms with van der Waals surface area (Å²) >= 11 is 0. The molecule has 0 amide bonds. The average Bonchev–Trinajstić information content (AvgIpc) is 2.62. The van der Waals surface area contributed by atoms with Gasteiger partial charge in [0.1, 0.15) is 11.7 Å². The minimum Gasteiger partial charge on any atom is -0.387 e. The Hall–Kier alpha value is -0.410. The third kappa shape index (κ3) is 0.866. The van der Waals surface area contributed by atoms with E-state index in [2.05, 4.69) is 0 Å². The summed E-state index contributed by atoms with van der Waals surface area (Å²) in [5.74, 6) is 0.156. The van der Waals surface area contributed by atoms with Crippen molar-refractivity contribution < 1.29 is 14.6 Å². The van der Waals surface area contributed by atoms with E-state index in [4.69, 9.17) is 4.74 Å². The average molecular weight is 170 g/mol. The van der Waals surface area contributed by atoms with Crippen LogP contribution < -0.4 is 0 Å². The zero-order valence-corrected chi connectivity index (χ0v) is 7.46. The maximum Gasteiger partial charge on any atom is 0.164 e. The monoisotopic (exact) mass is 170 g/mol. The molecule has 1 saturated heterocycles. The van der Waals surface area contributed by atoms with Crippen LogP contribution in [0.4, 0.5) is 0 Å². The van der Waals surface area contributed by atoms with Gasteiger partial charge in [0.15, 0.2) is 5.78 Å². The lowest BCUT2D eigenvalue weighted by molar-refractivity contribution is -0.121. The Labute approximate surface area is 71.7 Å². The van der Waals surface area contributed by atoms with Gasteiger partial charge in [-0.3, -0.25) is 4.79 Å². The van der Waals surface area contributed by atoms with Crippen LogP contribution in [0.5, 0.6) is 0 Å². The Morgan fingerprint density at radius 2 is 2.33 bits per heavy atom. The normalized spacial score (nSPS) is 40.9. The predicted molar refractivity (Wildman–Crippen MR) is 42.8 cm³/mol. The first-order valence-electron chi connectivity index (χ1n) is 4.40. The molecule has 3 nitrogen and oxygen atoms in total. The Morgan fingerprint density at radius 3 is 2.83 bits per heavy atom. The van der Waals surface area contributed by atoms with Gasteiger partial charge in [-0.05, 0) is 26.7 Å². The number of hydrogen-bond acceptors (Lipinski definition) is 3. The van der Waals surface area contributed by atoms with Gasteiger partial charge in [0.05, 0.1) is 5.60 Å². The second-order valence-electron chi connectivity index (χ2n) is 4.27. The van der Waals surface area contributed by atoms with Gasteiger partial charge < -0.3 is 9.84 Å². The van der Waals surface area contributed by atoms with Crippen molar-refractivity contribution in [3.8, 4) is 0 Å². The summed E-state index contributed by atoms with van der Waals surface area (Å²) in [4.78, 5) is 11.3. The van der Waals surface area contributed by atoms with Crippen LogP contribution in [0.3, 0.4) is 0 Å². The van der Waals surface area contributed by atoms with Crippen molar-refractivity contribution in [2.75, 3.05) is 0 Å². The van der Waals surface area contributed by atoms with E-state index in [0.717, 1.165) is 12.8 Å². The van der Waals surface area contributed by atoms with E-state index in [0.29, 0.717) is 6.42 Å². The lowest BCUT2D eigenvalue weighted by Gasteiger charge is -2.28. The SMILES string of the molecule is CC(C)(O)[C@]12CCCC(=O)[C@H]1O2. The number of rotatable bonds is 1. The van der Waals surface area contributed by atoms with Gasteiger partial charge in [0.25, 0.3) is 0 Å². The molecule has 1 heterocycles. The Morgan fingerprint density at radius 1 is 1.67 bits per heavy atom. The maximum atomic E-state index is 11.3. The maximum absolute atomic E-state index is 11.3. The molecule has 1 aliphatic carbocycles. The molecule has 0 spiro atoms. The summed E-state index contributed by atoms with van der Waals surface area (Å²) in [6.07, 6.45) is 1.96. The summed E-state index contributed by atoms with van der Waals surface area (Å²) < 4.78 is 5.34. The molecule has 0 aromatic carbocycles. The fraction of sp³-hybridized carbons (Fsp3) is 0.889. The van der Waals surface area contributed by atoms with Gasteiger partial charge in [-0.25, -0.2) is 0 Å². The van der Waals surface area contributed by atoms with Crippen LogP contribution in [-0.2, 0) is 9.53 Å². The highest BCUT2D eigenvalue weighted by atomic mass is 16.6. The molecule has 68 valence electrons. The molecule has 2 aliphatic rings. The molecule has 0 aromatic heterocycles. The van der Waals surface area contributed by atoms with Crippen LogP contribution in [0.1, 0.15) is 33.1 Å². The molecule has 0 bridgehead atoms. The molecule has 1 N–H and O–H groups in total. The van der Waals surface area contributed by atoms with E-state index in [-0.39, 0.29) is 11.9 Å². The lowest BCUT2D eigenvalue weighted by Crippen LogP contribution is -2.44. The van der Waals surface area contributed by atoms with Crippen molar-refractivity contribution in [3.05, 3.63) is 0 Å². The van der Waals surface area contributed by atoms with Crippen LogP contribution in [0.15, 0.2) is 0 Å². The number of aliphatic hydroxyl groups is 1. The first-order valence-corrected chi connectivity index (χ1v) is 4.40. The summed E-state index contributed by atoms with van der Waals surface area (Å²) in [5, 5.41) is 9.78. The van der Waals surface area contributed by atoms with E-state index in [1.54, 1.807) is 13.8 Å². The summed E-state index contributed by atoms with van der Waals surface area (Å²) in [6, 6.07) is 0. The second kappa shape index (κ2) is 2.09. The van der Waals surface area contributed by atoms with Gasteiger partial charge in [-0.15, -0.1) is 0 Å². The van der Waals surface area contributed by atoms with E-state index in [1.165, 1.54) is 0 Å². The number of fused-ring (bicyclic) bond motifs is 1. The topological polar surface area (TPSA) is 49.8 Å². The quantitative estimate of drug-likeness (QED) is 0.588. The number of hydrogen-bond donors (Lipinski definition) is 1. The van der Waals surface area contributed by atoms with E-state index in [9.17, 15) is 9.90 Å². The Kier molecular flexibility index (Phi) is 1.43. The minimum absolute atomic E-state index is 0.156. The summed E-state index contributed by atoms with van der Waals surface area (Å²) in [7, 11) is 0. The largest absolute Gasteiger partial charge is 0.387 e. The molecular formula is C9H14O3. The zero-order valence-electron chi connectivity index (χ0n) is 7.46. The zero-order chi connectivity index (χ0) is 8.98. The van der Waals surface area contributed by atoms with Crippen molar-refractivity contribution in [2.24, 2.45) is 0 Å². The first kappa shape index (κ1) is 8.20. The highest BCUT2D eigenvalue weighted by Gasteiger charge is 2.68. The molecule has 2 atom stereocenters. The van der Waals surface area contributed by atoms with Crippen molar-refractivity contribution in [1.82, 2.24) is 0 Å². The lowest BCUT2D eigenvalue weighted by atomic mass is 9.78. The third-order valence-corrected chi connectivity index (χ3v) is 2.99. The van der Waals surface area contributed by atoms with Crippen LogP contribution in [0.2, 0.25) is 0 Å². The van der Waals surface area contributed by atoms with Crippen molar-refractivity contribution in [3.63, 3.8) is 0 Å². The highest BCUT2D eigenvalue weighted by Crippen LogP contribution is 2.52. The molecule has 1 saturated carbocycles. The Balaban J connectivity index is 2.22. The fourth-order valence-corrected chi connectivity index (χ4v) is 2.12. The van der Waals surface area contributed by atoms with Gasteiger partial charge >= 0.3 is 0 Å². The number of epoxide rings is 1. The highest BCUT2D eigenvalue weighted by molar-refractivity contribution is 5.88. The van der Waals surface area contributed by atoms with Crippen LogP contribution in [0.25, 0.3) is 0 Å². The number of carbonyl (C=O) groups excluding carboxylic acids is 1. The first-order chi connectivity index (χ1) is 5.47. The van der Waals surface area contributed by atoms with E-state index in [1.807, 2.05) is 0 Å². The molecule has 1 aliphatic heterocycles. The van der Waals surface area contributed by atoms with Crippen LogP contribution >= 0.6 is 0 Å². The molecule has 0 aromatic rings. The molecule has 2 rings (SSSR count). The van der Waals surface area contributed by atoms with Crippen molar-refractivity contribution >= 4 is 5.78 Å². The molecule has 0 radical (unpaired) electrons. The molecular weight excluding hydrogens is 156 g/mol. The minimum atomic E-state index is -0.881. The number of carbonyl (C=O) groups is 1. The molecule has 2 fully saturated rings. The van der Waals surface area contributed by atoms with Gasteiger partial charge in [0.2, 0.25) is 0 Å². The van der Waals surface area contributed by atoms with Gasteiger partial charge in [-0.2, -0.15) is 0 Å². The van der Waals surface area contributed by atoms with Gasteiger partial charge in [0, 0.05) is 6.42 Å². The second-order valence-corrected chi connectivity index (χ2v) is 4.27. The standard InChI is InChI=1S/C9H14O3/c1-8(2,11)9-5-3-4-6(10)7(9)12-9/h7,11H,3-5H2,1-2H3/t7-,9+/m1/s1. The van der Waals surface area contributed by atoms with E-state index >= 15 is 0 Å². The molecule has 3 heteroatoms. The summed E-state index contributed by atoms with van der Waals surface area (Å²) in [5.41, 5.74) is -1.42. The third-order valence-electron chi connectivity index (χ3n) is 2.99. The molecule has 0 unspecified atom stereocenters. The van der Waals surface area contributed by atoms with Gasteiger partial charge in [-0.1, -0.05) is 0 Å². The van der Waals surface area contributed by atoms with Crippen LogP contribution in [0, 0.1) is 0 Å². The number of Topliss-reactive ketones (excluding diaryl/α,β-unsaturated/α-hetero) is 1. The Bertz CT molecular complexity index is 228. The fourth-order valence-electron chi connectivity index (χ4n) is 2.12. The number of ketones is 1. The van der Waals surface area contributed by atoms with Crippen molar-refractivity contribution in [1.29, 1.82) is 0 Å². The molecule has 12 heavy (non-hydrogen) atoms. The van der Waals surface area contributed by atoms with Crippen molar-refractivity contribution in [2.45, 2.75) is 50.4 Å².